The number of nitrogens with two attached hydrogens (primary N) is 1. The summed E-state index contributed by atoms with van der Waals surface area (Å²) in [6.07, 6.45) is -0.414. The Morgan fingerprint density at radius 3 is 2.67 bits per heavy atom. The molecule has 2 unspecified atom stereocenters. The van der Waals surface area contributed by atoms with E-state index in [9.17, 15) is 5.11 Å². The quantitative estimate of drug-likeness (QED) is 0.749. The summed E-state index contributed by atoms with van der Waals surface area (Å²) in [6, 6.07) is 4.13. The number of hydrogen-bond acceptors (Lipinski definition) is 3. The molecule has 0 aliphatic rings. The van der Waals surface area contributed by atoms with Crippen LogP contribution in [0.5, 0.6) is 0 Å². The van der Waals surface area contributed by atoms with Crippen molar-refractivity contribution in [2.45, 2.75) is 25.9 Å². The van der Waals surface area contributed by atoms with Gasteiger partial charge in [0.05, 0.1) is 6.10 Å². The number of rotatable bonds is 3. The van der Waals surface area contributed by atoms with Gasteiger partial charge in [0.1, 0.15) is 0 Å². The van der Waals surface area contributed by atoms with Crippen molar-refractivity contribution in [3.8, 4) is 0 Å². The van der Waals surface area contributed by atoms with Gasteiger partial charge in [0.15, 0.2) is 0 Å². The number of aryl methyl sites for hydroxylation is 1. The average molecular weight is 185 g/mol. The van der Waals surface area contributed by atoms with Gasteiger partial charge in [-0.3, -0.25) is 0 Å². The van der Waals surface area contributed by atoms with E-state index in [4.69, 9.17) is 5.73 Å². The van der Waals surface area contributed by atoms with Crippen LogP contribution < -0.4 is 5.73 Å². The van der Waals surface area contributed by atoms with E-state index in [0.29, 0.717) is 6.54 Å². The predicted molar refractivity (Wildman–Crippen MR) is 52.5 cm³/mol. The van der Waals surface area contributed by atoms with E-state index in [-0.39, 0.29) is 5.92 Å². The van der Waals surface area contributed by atoms with Crippen LogP contribution in [0.1, 0.15) is 22.6 Å². The van der Waals surface area contributed by atoms with E-state index in [1.807, 2.05) is 6.92 Å². The Kier molecular flexibility index (Phi) is 3.26. The van der Waals surface area contributed by atoms with Gasteiger partial charge in [-0.05, 0) is 19.1 Å². The standard InChI is InChI=1S/C9H15NOS/c1-6-3-4-9(12-6)7(2)8(11)5-10/h3-4,7-8,11H,5,10H2,1-2H3. The Bertz CT molecular complexity index is 246. The molecule has 1 aromatic rings. The number of aliphatic hydroxyl groups excluding tert-OH is 1. The van der Waals surface area contributed by atoms with Gasteiger partial charge >= 0.3 is 0 Å². The fourth-order valence-corrected chi connectivity index (χ4v) is 2.08. The highest BCUT2D eigenvalue weighted by Crippen LogP contribution is 2.26. The molecule has 1 aromatic heterocycles. The molecule has 0 aliphatic heterocycles. The fourth-order valence-electron chi connectivity index (χ4n) is 1.09. The van der Waals surface area contributed by atoms with E-state index >= 15 is 0 Å². The maximum absolute atomic E-state index is 9.47. The van der Waals surface area contributed by atoms with Crippen molar-refractivity contribution in [3.05, 3.63) is 21.9 Å². The van der Waals surface area contributed by atoms with Gasteiger partial charge in [0.25, 0.3) is 0 Å². The smallest absolute Gasteiger partial charge is 0.0736 e. The number of hydrogen-bond donors (Lipinski definition) is 2. The van der Waals surface area contributed by atoms with Crippen LogP contribution in [0.15, 0.2) is 12.1 Å². The second-order valence-electron chi connectivity index (χ2n) is 3.04. The van der Waals surface area contributed by atoms with Gasteiger partial charge in [-0.2, -0.15) is 0 Å². The van der Waals surface area contributed by atoms with Crippen molar-refractivity contribution in [1.29, 1.82) is 0 Å². The second-order valence-corrected chi connectivity index (χ2v) is 4.36. The molecule has 0 radical (unpaired) electrons. The third-order valence-corrected chi connectivity index (χ3v) is 3.23. The molecular formula is C9H15NOS. The molecule has 12 heavy (non-hydrogen) atoms. The SMILES string of the molecule is Cc1ccc(C(C)C(O)CN)s1. The molecule has 0 aliphatic carbocycles. The van der Waals surface area contributed by atoms with Crippen molar-refractivity contribution in [2.24, 2.45) is 5.73 Å². The fraction of sp³-hybridized carbons (Fsp3) is 0.556. The highest BCUT2D eigenvalue weighted by molar-refractivity contribution is 7.12. The van der Waals surface area contributed by atoms with E-state index in [1.54, 1.807) is 11.3 Å². The van der Waals surface area contributed by atoms with E-state index in [2.05, 4.69) is 19.1 Å². The first-order valence-electron chi connectivity index (χ1n) is 4.09. The highest BCUT2D eigenvalue weighted by atomic mass is 32.1. The van der Waals surface area contributed by atoms with Crippen LogP contribution in [0.4, 0.5) is 0 Å². The lowest BCUT2D eigenvalue weighted by molar-refractivity contribution is 0.159. The largest absolute Gasteiger partial charge is 0.391 e. The summed E-state index contributed by atoms with van der Waals surface area (Å²) in [7, 11) is 0. The molecule has 0 fully saturated rings. The van der Waals surface area contributed by atoms with Crippen molar-refractivity contribution in [2.75, 3.05) is 6.54 Å². The Balaban J connectivity index is 2.70. The Morgan fingerprint density at radius 1 is 1.58 bits per heavy atom. The zero-order valence-corrected chi connectivity index (χ0v) is 8.27. The van der Waals surface area contributed by atoms with Crippen LogP contribution in [0.2, 0.25) is 0 Å². The molecule has 2 atom stereocenters. The minimum Gasteiger partial charge on any atom is -0.391 e. The maximum atomic E-state index is 9.47. The molecule has 3 heteroatoms. The second kappa shape index (κ2) is 4.03. The molecular weight excluding hydrogens is 170 g/mol. The zero-order valence-electron chi connectivity index (χ0n) is 7.45. The van der Waals surface area contributed by atoms with Crippen LogP contribution in [-0.4, -0.2) is 17.8 Å². The summed E-state index contributed by atoms with van der Waals surface area (Å²) >= 11 is 1.72. The van der Waals surface area contributed by atoms with E-state index in [1.165, 1.54) is 9.75 Å². The van der Waals surface area contributed by atoms with Crippen molar-refractivity contribution in [3.63, 3.8) is 0 Å². The van der Waals surface area contributed by atoms with Crippen LogP contribution in [-0.2, 0) is 0 Å². The molecule has 0 bridgehead atoms. The Hall–Kier alpha value is -0.380. The normalized spacial score (nSPS) is 16.0. The lowest BCUT2D eigenvalue weighted by Crippen LogP contribution is -2.24. The van der Waals surface area contributed by atoms with Gasteiger partial charge in [0, 0.05) is 22.2 Å². The first-order chi connectivity index (χ1) is 5.65. The minimum atomic E-state index is -0.414. The van der Waals surface area contributed by atoms with Crippen molar-refractivity contribution < 1.29 is 5.11 Å². The molecule has 0 saturated heterocycles. The molecule has 3 N–H and O–H groups in total. The first kappa shape index (κ1) is 9.71. The summed E-state index contributed by atoms with van der Waals surface area (Å²) in [5.41, 5.74) is 5.37. The molecule has 0 aromatic carbocycles. The monoisotopic (exact) mass is 185 g/mol. The first-order valence-corrected chi connectivity index (χ1v) is 4.91. The summed E-state index contributed by atoms with van der Waals surface area (Å²) < 4.78 is 0. The van der Waals surface area contributed by atoms with E-state index < -0.39 is 6.10 Å². The van der Waals surface area contributed by atoms with Gasteiger partial charge in [-0.15, -0.1) is 11.3 Å². The van der Waals surface area contributed by atoms with Crippen molar-refractivity contribution >= 4 is 11.3 Å². The lowest BCUT2D eigenvalue weighted by Gasteiger charge is -2.14. The van der Waals surface area contributed by atoms with Crippen LogP contribution >= 0.6 is 11.3 Å². The summed E-state index contributed by atoms with van der Waals surface area (Å²) in [5, 5.41) is 9.47. The molecule has 68 valence electrons. The minimum absolute atomic E-state index is 0.161. The van der Waals surface area contributed by atoms with Crippen LogP contribution in [0.25, 0.3) is 0 Å². The third-order valence-electron chi connectivity index (χ3n) is 2.03. The summed E-state index contributed by atoms with van der Waals surface area (Å²) in [5.74, 6) is 0.161. The number of aliphatic hydroxyl groups is 1. The Labute approximate surface area is 77.0 Å². The van der Waals surface area contributed by atoms with Gasteiger partial charge in [0.2, 0.25) is 0 Å². The molecule has 0 saturated carbocycles. The molecule has 2 nitrogen and oxygen atoms in total. The van der Waals surface area contributed by atoms with Gasteiger partial charge in [-0.25, -0.2) is 0 Å². The summed E-state index contributed by atoms with van der Waals surface area (Å²) in [6.45, 7) is 4.40. The molecule has 0 spiro atoms. The van der Waals surface area contributed by atoms with Gasteiger partial charge < -0.3 is 10.8 Å². The molecule has 0 amide bonds. The predicted octanol–water partition coefficient (Wildman–Crippen LogP) is 1.48. The summed E-state index contributed by atoms with van der Waals surface area (Å²) in [4.78, 5) is 2.49. The highest BCUT2D eigenvalue weighted by Gasteiger charge is 2.15. The average Bonchev–Trinajstić information content (AvgIpc) is 2.49. The topological polar surface area (TPSA) is 46.2 Å². The van der Waals surface area contributed by atoms with Crippen molar-refractivity contribution in [1.82, 2.24) is 0 Å². The number of thiophene rings is 1. The molecule has 1 rings (SSSR count). The van der Waals surface area contributed by atoms with Crippen LogP contribution in [0, 0.1) is 6.92 Å². The third kappa shape index (κ3) is 2.06. The maximum Gasteiger partial charge on any atom is 0.0736 e. The zero-order chi connectivity index (χ0) is 9.14. The molecule has 1 heterocycles. The van der Waals surface area contributed by atoms with Gasteiger partial charge in [-0.1, -0.05) is 6.92 Å². The van der Waals surface area contributed by atoms with Crippen LogP contribution in [0.3, 0.4) is 0 Å². The lowest BCUT2D eigenvalue weighted by atomic mass is 10.0. The Morgan fingerprint density at radius 2 is 2.25 bits per heavy atom. The van der Waals surface area contributed by atoms with E-state index in [0.717, 1.165) is 0 Å².